The number of amides is 3. The minimum atomic E-state index is -0.647. The van der Waals surface area contributed by atoms with Gasteiger partial charge in [0.1, 0.15) is 18.2 Å². The van der Waals surface area contributed by atoms with Crippen molar-refractivity contribution >= 4 is 17.6 Å². The van der Waals surface area contributed by atoms with E-state index in [2.05, 4.69) is 10.4 Å². The van der Waals surface area contributed by atoms with Gasteiger partial charge in [-0.2, -0.15) is 5.10 Å². The van der Waals surface area contributed by atoms with E-state index in [0.29, 0.717) is 23.4 Å². The Bertz CT molecular complexity index is 946. The van der Waals surface area contributed by atoms with Crippen molar-refractivity contribution in [3.05, 3.63) is 71.3 Å². The number of halogens is 2. The quantitative estimate of drug-likeness (QED) is 0.784. The molecule has 1 heterocycles. The number of nitrogens with one attached hydrogen (secondary N) is 1. The predicted molar refractivity (Wildman–Crippen MR) is 110 cm³/mol. The number of hydrogen-bond acceptors (Lipinski definition) is 3. The number of hydrogen-bond donors (Lipinski definition) is 1. The second-order valence-corrected chi connectivity index (χ2v) is 7.12. The van der Waals surface area contributed by atoms with E-state index in [-0.39, 0.29) is 24.8 Å². The lowest BCUT2D eigenvalue weighted by Crippen LogP contribution is -2.43. The van der Waals surface area contributed by atoms with Crippen LogP contribution < -0.4 is 5.32 Å². The van der Waals surface area contributed by atoms with Crippen molar-refractivity contribution in [3.63, 3.8) is 0 Å². The van der Waals surface area contributed by atoms with Crippen molar-refractivity contribution in [2.45, 2.75) is 25.8 Å². The van der Waals surface area contributed by atoms with Gasteiger partial charge in [-0.15, -0.1) is 0 Å². The molecule has 0 saturated heterocycles. The summed E-state index contributed by atoms with van der Waals surface area (Å²) in [6, 6.07) is 11.0. The van der Waals surface area contributed by atoms with Crippen LogP contribution in [0.15, 0.2) is 53.6 Å². The number of likely N-dealkylation sites (N-methyl/N-ethyl adjacent to an activating group) is 1. The molecule has 0 unspecified atom stereocenters. The minimum absolute atomic E-state index is 0.208. The zero-order valence-corrected chi connectivity index (χ0v) is 16.9. The van der Waals surface area contributed by atoms with Crippen LogP contribution in [0.2, 0.25) is 0 Å². The first kappa shape index (κ1) is 21.4. The van der Waals surface area contributed by atoms with Gasteiger partial charge in [0.05, 0.1) is 11.8 Å². The smallest absolute Gasteiger partial charge is 0.317 e. The molecule has 158 valence electrons. The molecule has 0 aliphatic carbocycles. The highest BCUT2D eigenvalue weighted by Crippen LogP contribution is 2.34. The van der Waals surface area contributed by atoms with Crippen molar-refractivity contribution < 1.29 is 18.4 Å². The highest BCUT2D eigenvalue weighted by molar-refractivity contribution is 6.03. The molecule has 0 fully saturated rings. The molecule has 30 heavy (non-hydrogen) atoms. The monoisotopic (exact) mass is 414 g/mol. The Labute approximate surface area is 174 Å². The SMILES string of the molecule is CCCNC(=O)N(C)CC(=O)N1N=C(c2ccc(F)cc2)C[C@H]1c1ccccc1F. The Balaban J connectivity index is 1.86. The summed E-state index contributed by atoms with van der Waals surface area (Å²) < 4.78 is 27.8. The molecule has 3 rings (SSSR count). The van der Waals surface area contributed by atoms with Gasteiger partial charge < -0.3 is 10.2 Å². The van der Waals surface area contributed by atoms with Crippen molar-refractivity contribution in [2.75, 3.05) is 20.1 Å². The van der Waals surface area contributed by atoms with Crippen LogP contribution in [0.4, 0.5) is 13.6 Å². The van der Waals surface area contributed by atoms with Gasteiger partial charge in [-0.1, -0.05) is 37.3 Å². The van der Waals surface area contributed by atoms with Crippen LogP contribution in [0.1, 0.15) is 36.9 Å². The summed E-state index contributed by atoms with van der Waals surface area (Å²) in [5.41, 5.74) is 1.54. The molecule has 0 radical (unpaired) electrons. The van der Waals surface area contributed by atoms with E-state index < -0.39 is 17.8 Å². The normalized spacial score (nSPS) is 15.7. The largest absolute Gasteiger partial charge is 0.338 e. The van der Waals surface area contributed by atoms with Gasteiger partial charge in [0, 0.05) is 25.6 Å². The van der Waals surface area contributed by atoms with Crippen LogP contribution in [0.3, 0.4) is 0 Å². The molecule has 0 saturated carbocycles. The molecule has 2 aromatic rings. The van der Waals surface area contributed by atoms with Gasteiger partial charge in [0.25, 0.3) is 5.91 Å². The van der Waals surface area contributed by atoms with Crippen LogP contribution >= 0.6 is 0 Å². The average molecular weight is 414 g/mol. The van der Waals surface area contributed by atoms with Gasteiger partial charge >= 0.3 is 6.03 Å². The van der Waals surface area contributed by atoms with E-state index in [4.69, 9.17) is 0 Å². The van der Waals surface area contributed by atoms with E-state index in [1.54, 1.807) is 30.3 Å². The first-order chi connectivity index (χ1) is 14.4. The maximum Gasteiger partial charge on any atom is 0.317 e. The third-order valence-corrected chi connectivity index (χ3v) is 4.85. The maximum atomic E-state index is 14.5. The summed E-state index contributed by atoms with van der Waals surface area (Å²) in [4.78, 5) is 26.3. The molecule has 1 aliphatic heterocycles. The Morgan fingerprint density at radius 3 is 2.53 bits per heavy atom. The topological polar surface area (TPSA) is 65.0 Å². The minimum Gasteiger partial charge on any atom is -0.338 e. The van der Waals surface area contributed by atoms with E-state index in [9.17, 15) is 18.4 Å². The molecule has 2 aromatic carbocycles. The first-order valence-electron chi connectivity index (χ1n) is 9.79. The average Bonchev–Trinajstić information content (AvgIpc) is 3.18. The van der Waals surface area contributed by atoms with Gasteiger partial charge in [-0.05, 0) is 30.2 Å². The second-order valence-electron chi connectivity index (χ2n) is 7.12. The van der Waals surface area contributed by atoms with Crippen molar-refractivity contribution in [2.24, 2.45) is 5.10 Å². The zero-order chi connectivity index (χ0) is 21.7. The molecule has 6 nitrogen and oxygen atoms in total. The summed E-state index contributed by atoms with van der Waals surface area (Å²) in [5, 5.41) is 8.34. The molecule has 1 N–H and O–H groups in total. The standard InChI is InChI=1S/C22H24F2N4O2/c1-3-12-25-22(30)27(2)14-21(29)28-20(17-6-4-5-7-18(17)24)13-19(26-28)15-8-10-16(23)11-9-15/h4-11,20H,3,12-14H2,1-2H3,(H,25,30)/t20-/m0/s1. The van der Waals surface area contributed by atoms with Crippen LogP contribution in [-0.2, 0) is 4.79 Å². The number of nitrogens with zero attached hydrogens (tertiary/aromatic N) is 3. The summed E-state index contributed by atoms with van der Waals surface area (Å²) in [6.45, 7) is 2.23. The molecular formula is C22H24F2N4O2. The van der Waals surface area contributed by atoms with Gasteiger partial charge in [0.2, 0.25) is 0 Å². The fraction of sp³-hybridized carbons (Fsp3) is 0.318. The number of urea groups is 1. The van der Waals surface area contributed by atoms with Gasteiger partial charge in [-0.3, -0.25) is 4.79 Å². The molecule has 1 aliphatic rings. The van der Waals surface area contributed by atoms with Crippen LogP contribution in [-0.4, -0.2) is 47.7 Å². The highest BCUT2D eigenvalue weighted by Gasteiger charge is 2.35. The van der Waals surface area contributed by atoms with Crippen molar-refractivity contribution in [1.82, 2.24) is 15.2 Å². The first-order valence-corrected chi connectivity index (χ1v) is 9.79. The van der Waals surface area contributed by atoms with Crippen LogP contribution in [0.25, 0.3) is 0 Å². The van der Waals surface area contributed by atoms with E-state index in [1.165, 1.54) is 35.2 Å². The van der Waals surface area contributed by atoms with E-state index >= 15 is 0 Å². The zero-order valence-electron chi connectivity index (χ0n) is 16.9. The lowest BCUT2D eigenvalue weighted by molar-refractivity contribution is -0.133. The number of rotatable bonds is 6. The summed E-state index contributed by atoms with van der Waals surface area (Å²) in [7, 11) is 1.52. The summed E-state index contributed by atoms with van der Waals surface area (Å²) >= 11 is 0. The van der Waals surface area contributed by atoms with Gasteiger partial charge in [-0.25, -0.2) is 18.6 Å². The third-order valence-electron chi connectivity index (χ3n) is 4.85. The van der Waals surface area contributed by atoms with Crippen molar-refractivity contribution in [1.29, 1.82) is 0 Å². The molecule has 8 heteroatoms. The summed E-state index contributed by atoms with van der Waals surface area (Å²) in [5.74, 6) is -1.25. The molecule has 3 amide bonds. The van der Waals surface area contributed by atoms with E-state index in [1.807, 2.05) is 6.92 Å². The predicted octanol–water partition coefficient (Wildman–Crippen LogP) is 3.69. The Morgan fingerprint density at radius 1 is 1.17 bits per heavy atom. The molecular weight excluding hydrogens is 390 g/mol. The van der Waals surface area contributed by atoms with E-state index in [0.717, 1.165) is 6.42 Å². The molecule has 0 bridgehead atoms. The van der Waals surface area contributed by atoms with Crippen LogP contribution in [0, 0.1) is 11.6 Å². The third kappa shape index (κ3) is 4.82. The Kier molecular flexibility index (Phi) is 6.76. The molecule has 0 aromatic heterocycles. The Hall–Kier alpha value is -3.29. The second kappa shape index (κ2) is 9.47. The fourth-order valence-electron chi connectivity index (χ4n) is 3.26. The number of carbonyl (C=O) groups excluding carboxylic acids is 2. The highest BCUT2D eigenvalue weighted by atomic mass is 19.1. The van der Waals surface area contributed by atoms with Crippen LogP contribution in [0.5, 0.6) is 0 Å². The lowest BCUT2D eigenvalue weighted by atomic mass is 9.98. The molecule has 0 spiro atoms. The lowest BCUT2D eigenvalue weighted by Gasteiger charge is -2.25. The van der Waals surface area contributed by atoms with Gasteiger partial charge in [0.15, 0.2) is 0 Å². The summed E-state index contributed by atoms with van der Waals surface area (Å²) in [6.07, 6.45) is 1.06. The molecule has 1 atom stereocenters. The number of benzene rings is 2. The Morgan fingerprint density at radius 2 is 1.87 bits per heavy atom. The van der Waals surface area contributed by atoms with Crippen molar-refractivity contribution in [3.8, 4) is 0 Å². The fourth-order valence-corrected chi connectivity index (χ4v) is 3.26. The number of hydrazone groups is 1. The maximum absolute atomic E-state index is 14.5. The number of carbonyl (C=O) groups is 2.